The van der Waals surface area contributed by atoms with Gasteiger partial charge < -0.3 is 14.4 Å². The molecule has 1 saturated heterocycles. The lowest BCUT2D eigenvalue weighted by Crippen LogP contribution is -2.36. The average molecular weight is 395 g/mol. The number of likely N-dealkylation sites (tertiary alicyclic amines) is 1. The molecule has 6 nitrogen and oxygen atoms in total. The van der Waals surface area contributed by atoms with E-state index < -0.39 is 0 Å². The number of amides is 2. The van der Waals surface area contributed by atoms with Crippen LogP contribution in [0, 0.1) is 6.92 Å². The maximum atomic E-state index is 13.5. The number of aromatic nitrogens is 2. The SMILES string of the molecule is CCN(C(=O)c1nc(C(=O)N2CCCCC2)c2n1CCCC2)c1cccc(C)c1. The molecule has 0 unspecified atom stereocenters. The van der Waals surface area contributed by atoms with Crippen LogP contribution in [0.3, 0.4) is 0 Å². The molecular weight excluding hydrogens is 364 g/mol. The predicted octanol–water partition coefficient (Wildman–Crippen LogP) is 3.82. The molecule has 6 heteroatoms. The Bertz CT molecular complexity index is 912. The van der Waals surface area contributed by atoms with Crippen molar-refractivity contribution in [1.29, 1.82) is 0 Å². The van der Waals surface area contributed by atoms with Crippen LogP contribution in [0.5, 0.6) is 0 Å². The molecule has 29 heavy (non-hydrogen) atoms. The van der Waals surface area contributed by atoms with Crippen LogP contribution in [0.1, 0.15) is 71.4 Å². The van der Waals surface area contributed by atoms with E-state index in [0.29, 0.717) is 18.1 Å². The summed E-state index contributed by atoms with van der Waals surface area (Å²) in [5, 5.41) is 0. The van der Waals surface area contributed by atoms with Crippen LogP contribution < -0.4 is 4.90 Å². The number of carbonyl (C=O) groups is 2. The highest BCUT2D eigenvalue weighted by Crippen LogP contribution is 2.26. The van der Waals surface area contributed by atoms with E-state index in [1.807, 2.05) is 47.6 Å². The topological polar surface area (TPSA) is 58.4 Å². The molecule has 4 rings (SSSR count). The van der Waals surface area contributed by atoms with Gasteiger partial charge in [0.05, 0.1) is 5.69 Å². The Hall–Kier alpha value is -2.63. The molecule has 154 valence electrons. The molecule has 1 aromatic carbocycles. The first-order chi connectivity index (χ1) is 14.1. The first-order valence-electron chi connectivity index (χ1n) is 10.9. The zero-order chi connectivity index (χ0) is 20.4. The number of aryl methyl sites for hydroxylation is 1. The van der Waals surface area contributed by atoms with Crippen LogP contribution in [0.4, 0.5) is 5.69 Å². The summed E-state index contributed by atoms with van der Waals surface area (Å²) in [6, 6.07) is 7.96. The van der Waals surface area contributed by atoms with Gasteiger partial charge in [0, 0.05) is 31.9 Å². The number of carbonyl (C=O) groups excluding carboxylic acids is 2. The van der Waals surface area contributed by atoms with Gasteiger partial charge in [-0.1, -0.05) is 12.1 Å². The molecule has 0 radical (unpaired) electrons. The molecule has 0 N–H and O–H groups in total. The Morgan fingerprint density at radius 1 is 1.07 bits per heavy atom. The van der Waals surface area contributed by atoms with Crippen molar-refractivity contribution in [3.63, 3.8) is 0 Å². The second-order valence-corrected chi connectivity index (χ2v) is 8.08. The molecule has 0 aliphatic carbocycles. The van der Waals surface area contributed by atoms with Crippen molar-refractivity contribution in [2.75, 3.05) is 24.5 Å². The standard InChI is InChI=1S/C23H30N4O2/c1-3-26(18-11-9-10-17(2)16-18)23(29)21-24-20(19-12-5-8-15-27(19)21)22(28)25-13-6-4-7-14-25/h9-11,16H,3-8,12-15H2,1-2H3. The van der Waals surface area contributed by atoms with Crippen molar-refractivity contribution in [2.24, 2.45) is 0 Å². The maximum absolute atomic E-state index is 13.5. The van der Waals surface area contributed by atoms with Crippen LogP contribution in [0.25, 0.3) is 0 Å². The number of hydrogen-bond donors (Lipinski definition) is 0. The van der Waals surface area contributed by atoms with Crippen molar-refractivity contribution < 1.29 is 9.59 Å². The Labute approximate surface area is 172 Å². The lowest BCUT2D eigenvalue weighted by atomic mass is 10.1. The molecule has 3 heterocycles. The second-order valence-electron chi connectivity index (χ2n) is 8.08. The van der Waals surface area contributed by atoms with E-state index in [2.05, 4.69) is 4.98 Å². The van der Waals surface area contributed by atoms with Gasteiger partial charge >= 0.3 is 0 Å². The molecule has 2 aliphatic rings. The number of imidazole rings is 1. The quantitative estimate of drug-likeness (QED) is 0.792. The largest absolute Gasteiger partial charge is 0.337 e. The average Bonchev–Trinajstić information content (AvgIpc) is 3.14. The number of piperidine rings is 1. The zero-order valence-electron chi connectivity index (χ0n) is 17.5. The summed E-state index contributed by atoms with van der Waals surface area (Å²) in [5.41, 5.74) is 3.42. The molecule has 2 aliphatic heterocycles. The summed E-state index contributed by atoms with van der Waals surface area (Å²) in [6.07, 6.45) is 6.13. The summed E-state index contributed by atoms with van der Waals surface area (Å²) in [4.78, 5) is 35.0. The minimum atomic E-state index is -0.126. The van der Waals surface area contributed by atoms with Crippen molar-refractivity contribution in [1.82, 2.24) is 14.5 Å². The second kappa shape index (κ2) is 8.39. The monoisotopic (exact) mass is 394 g/mol. The van der Waals surface area contributed by atoms with Gasteiger partial charge in [0.25, 0.3) is 11.8 Å². The van der Waals surface area contributed by atoms with E-state index in [0.717, 1.165) is 68.7 Å². The molecule has 0 atom stereocenters. The van der Waals surface area contributed by atoms with Crippen molar-refractivity contribution in [3.05, 3.63) is 47.0 Å². The lowest BCUT2D eigenvalue weighted by molar-refractivity contribution is 0.0717. The number of fused-ring (bicyclic) bond motifs is 1. The fourth-order valence-electron chi connectivity index (χ4n) is 4.48. The zero-order valence-corrected chi connectivity index (χ0v) is 17.5. The van der Waals surface area contributed by atoms with Crippen LogP contribution in [0.2, 0.25) is 0 Å². The van der Waals surface area contributed by atoms with Gasteiger partial charge in [-0.05, 0) is 70.1 Å². The molecule has 0 saturated carbocycles. The van der Waals surface area contributed by atoms with E-state index in [9.17, 15) is 9.59 Å². The number of anilines is 1. The Balaban J connectivity index is 1.70. The van der Waals surface area contributed by atoms with Gasteiger partial charge in [-0.25, -0.2) is 4.98 Å². The molecule has 2 aromatic rings. The highest BCUT2D eigenvalue weighted by Gasteiger charge is 2.32. The molecule has 2 amide bonds. The molecule has 0 bridgehead atoms. The maximum Gasteiger partial charge on any atom is 0.294 e. The number of hydrogen-bond acceptors (Lipinski definition) is 3. The summed E-state index contributed by atoms with van der Waals surface area (Å²) in [5.74, 6) is 0.273. The van der Waals surface area contributed by atoms with E-state index in [1.165, 1.54) is 6.42 Å². The van der Waals surface area contributed by atoms with Gasteiger partial charge in [0.1, 0.15) is 5.69 Å². The van der Waals surface area contributed by atoms with Gasteiger partial charge in [0.2, 0.25) is 5.82 Å². The first-order valence-corrected chi connectivity index (χ1v) is 10.9. The summed E-state index contributed by atoms with van der Waals surface area (Å²) in [6.45, 7) is 6.88. The number of benzene rings is 1. The van der Waals surface area contributed by atoms with Gasteiger partial charge in [-0.3, -0.25) is 9.59 Å². The van der Waals surface area contributed by atoms with Gasteiger partial charge in [0.15, 0.2) is 0 Å². The van der Waals surface area contributed by atoms with Gasteiger partial charge in [-0.15, -0.1) is 0 Å². The van der Waals surface area contributed by atoms with E-state index in [4.69, 9.17) is 0 Å². The van der Waals surface area contributed by atoms with Crippen molar-refractivity contribution >= 4 is 17.5 Å². The minimum absolute atomic E-state index is 0.00648. The number of rotatable bonds is 4. The summed E-state index contributed by atoms with van der Waals surface area (Å²) >= 11 is 0. The highest BCUT2D eigenvalue weighted by atomic mass is 16.2. The third-order valence-electron chi connectivity index (χ3n) is 6.03. The summed E-state index contributed by atoms with van der Waals surface area (Å²) in [7, 11) is 0. The number of nitrogens with zero attached hydrogens (tertiary/aromatic N) is 4. The smallest absolute Gasteiger partial charge is 0.294 e. The molecule has 1 aromatic heterocycles. The molecule has 1 fully saturated rings. The predicted molar refractivity (Wildman–Crippen MR) is 113 cm³/mol. The summed E-state index contributed by atoms with van der Waals surface area (Å²) < 4.78 is 2.00. The van der Waals surface area contributed by atoms with Crippen LogP contribution >= 0.6 is 0 Å². The fraction of sp³-hybridized carbons (Fsp3) is 0.522. The van der Waals surface area contributed by atoms with E-state index >= 15 is 0 Å². The normalized spacial score (nSPS) is 16.4. The van der Waals surface area contributed by atoms with Gasteiger partial charge in [-0.2, -0.15) is 0 Å². The van der Waals surface area contributed by atoms with Crippen LogP contribution in [-0.2, 0) is 13.0 Å². The van der Waals surface area contributed by atoms with Crippen LogP contribution in [-0.4, -0.2) is 45.9 Å². The van der Waals surface area contributed by atoms with Crippen molar-refractivity contribution in [2.45, 2.75) is 58.9 Å². The van der Waals surface area contributed by atoms with Crippen LogP contribution in [0.15, 0.2) is 24.3 Å². The Morgan fingerprint density at radius 2 is 1.83 bits per heavy atom. The Morgan fingerprint density at radius 3 is 2.55 bits per heavy atom. The van der Waals surface area contributed by atoms with E-state index in [1.54, 1.807) is 4.90 Å². The minimum Gasteiger partial charge on any atom is -0.337 e. The molecule has 0 spiro atoms. The highest BCUT2D eigenvalue weighted by molar-refractivity contribution is 6.05. The van der Waals surface area contributed by atoms with E-state index in [-0.39, 0.29) is 11.8 Å². The first kappa shape index (κ1) is 19.7. The third kappa shape index (κ3) is 3.80. The lowest BCUT2D eigenvalue weighted by Gasteiger charge is -2.26. The molecular formula is C23H30N4O2. The fourth-order valence-corrected chi connectivity index (χ4v) is 4.48. The third-order valence-corrected chi connectivity index (χ3v) is 6.03. The Kier molecular flexibility index (Phi) is 5.69. The van der Waals surface area contributed by atoms with Crippen molar-refractivity contribution in [3.8, 4) is 0 Å².